The summed E-state index contributed by atoms with van der Waals surface area (Å²) >= 11 is 6.02. The number of benzene rings is 1. The Bertz CT molecular complexity index is 950. The third-order valence-electron chi connectivity index (χ3n) is 4.57. The fraction of sp³-hybridized carbons (Fsp3) is 0.294. The van der Waals surface area contributed by atoms with Crippen LogP contribution in [0.4, 0.5) is 0 Å². The van der Waals surface area contributed by atoms with Gasteiger partial charge in [-0.1, -0.05) is 17.7 Å². The second-order valence-electron chi connectivity index (χ2n) is 6.25. The van der Waals surface area contributed by atoms with Crippen molar-refractivity contribution < 1.29 is 13.2 Å². The maximum atomic E-state index is 12.6. The van der Waals surface area contributed by atoms with E-state index in [0.29, 0.717) is 23.0 Å². The average Bonchev–Trinajstić information content (AvgIpc) is 2.95. The number of carbonyl (C=O) groups is 1. The van der Waals surface area contributed by atoms with Crippen LogP contribution in [0.1, 0.15) is 23.6 Å². The maximum Gasteiger partial charge on any atom is 0.256 e. The molecule has 1 atom stereocenters. The number of sulfonamides is 1. The SMILES string of the molecule is O=C(NC1CCc2cc(Cl)ccc21)C1=CN2CCS(=O)(=O)N=C2C=C1. The molecule has 0 saturated heterocycles. The Morgan fingerprint density at radius 2 is 2.16 bits per heavy atom. The van der Waals surface area contributed by atoms with Crippen molar-refractivity contribution in [3.8, 4) is 0 Å². The second kappa shape index (κ2) is 6.00. The highest BCUT2D eigenvalue weighted by molar-refractivity contribution is 7.90. The van der Waals surface area contributed by atoms with E-state index >= 15 is 0 Å². The summed E-state index contributed by atoms with van der Waals surface area (Å²) in [7, 11) is -3.39. The van der Waals surface area contributed by atoms with Crippen molar-refractivity contribution in [1.82, 2.24) is 10.2 Å². The van der Waals surface area contributed by atoms with Gasteiger partial charge in [-0.3, -0.25) is 4.79 Å². The predicted octanol–water partition coefficient (Wildman–Crippen LogP) is 1.94. The first kappa shape index (κ1) is 16.4. The minimum Gasteiger partial charge on any atom is -0.345 e. The lowest BCUT2D eigenvalue weighted by molar-refractivity contribution is -0.118. The molecule has 1 N–H and O–H groups in total. The standard InChI is InChI=1S/C17H16ClN3O3S/c18-13-3-4-14-11(9-13)1-5-15(14)19-17(22)12-2-6-16-20-25(23,24)8-7-21(16)10-12/h2-4,6,9-10,15H,1,5,7-8H2,(H,19,22). The molecule has 0 aromatic heterocycles. The molecule has 0 saturated carbocycles. The molecule has 130 valence electrons. The zero-order valence-corrected chi connectivity index (χ0v) is 14.8. The number of nitrogens with one attached hydrogen (secondary N) is 1. The summed E-state index contributed by atoms with van der Waals surface area (Å²) in [6.07, 6.45) is 6.54. The van der Waals surface area contributed by atoms with Crippen LogP contribution in [0.5, 0.6) is 0 Å². The highest BCUT2D eigenvalue weighted by Gasteiger charge is 2.28. The van der Waals surface area contributed by atoms with Crippen molar-refractivity contribution in [3.63, 3.8) is 0 Å². The second-order valence-corrected chi connectivity index (χ2v) is 8.45. The summed E-state index contributed by atoms with van der Waals surface area (Å²) < 4.78 is 26.8. The van der Waals surface area contributed by atoms with Gasteiger partial charge in [0.2, 0.25) is 0 Å². The van der Waals surface area contributed by atoms with Crippen molar-refractivity contribution in [3.05, 3.63) is 58.3 Å². The summed E-state index contributed by atoms with van der Waals surface area (Å²) in [4.78, 5) is 14.3. The van der Waals surface area contributed by atoms with Gasteiger partial charge in [0.15, 0.2) is 0 Å². The van der Waals surface area contributed by atoms with Crippen LogP contribution in [-0.2, 0) is 21.2 Å². The van der Waals surface area contributed by atoms with Gasteiger partial charge in [-0.25, -0.2) is 8.42 Å². The fourth-order valence-corrected chi connectivity index (χ4v) is 4.48. The zero-order chi connectivity index (χ0) is 17.6. The van der Waals surface area contributed by atoms with Gasteiger partial charge in [0.25, 0.3) is 15.9 Å². The van der Waals surface area contributed by atoms with E-state index in [4.69, 9.17) is 11.6 Å². The Morgan fingerprint density at radius 1 is 1.32 bits per heavy atom. The largest absolute Gasteiger partial charge is 0.345 e. The Balaban J connectivity index is 1.51. The fourth-order valence-electron chi connectivity index (χ4n) is 3.31. The Kier molecular flexibility index (Phi) is 3.92. The van der Waals surface area contributed by atoms with Crippen molar-refractivity contribution in [2.45, 2.75) is 18.9 Å². The summed E-state index contributed by atoms with van der Waals surface area (Å²) in [6, 6.07) is 5.70. The number of nitrogens with zero attached hydrogens (tertiary/aromatic N) is 2. The van der Waals surface area contributed by atoms with Gasteiger partial charge in [0, 0.05) is 17.8 Å². The molecule has 8 heteroatoms. The number of hydrogen-bond donors (Lipinski definition) is 1. The summed E-state index contributed by atoms with van der Waals surface area (Å²) in [5, 5.41) is 3.75. The Labute approximate surface area is 150 Å². The molecule has 0 fully saturated rings. The quantitative estimate of drug-likeness (QED) is 0.854. The first-order valence-electron chi connectivity index (χ1n) is 8.00. The number of carbonyl (C=O) groups excluding carboxylic acids is 1. The van der Waals surface area contributed by atoms with E-state index in [1.54, 1.807) is 23.3 Å². The number of fused-ring (bicyclic) bond motifs is 2. The van der Waals surface area contributed by atoms with Crippen LogP contribution < -0.4 is 5.32 Å². The van der Waals surface area contributed by atoms with Crippen LogP contribution in [0.3, 0.4) is 0 Å². The molecule has 0 spiro atoms. The van der Waals surface area contributed by atoms with Crippen LogP contribution in [0.2, 0.25) is 5.02 Å². The number of rotatable bonds is 2. The van der Waals surface area contributed by atoms with Crippen molar-refractivity contribution in [2.24, 2.45) is 4.40 Å². The van der Waals surface area contributed by atoms with Gasteiger partial charge in [0.05, 0.1) is 17.4 Å². The van der Waals surface area contributed by atoms with E-state index in [9.17, 15) is 13.2 Å². The monoisotopic (exact) mass is 377 g/mol. The number of amides is 1. The molecule has 0 bridgehead atoms. The molecule has 25 heavy (non-hydrogen) atoms. The summed E-state index contributed by atoms with van der Waals surface area (Å²) in [5.74, 6) is 0.118. The lowest BCUT2D eigenvalue weighted by atomic mass is 10.1. The van der Waals surface area contributed by atoms with E-state index in [1.165, 1.54) is 5.56 Å². The molecule has 6 nitrogen and oxygen atoms in total. The number of hydrogen-bond acceptors (Lipinski definition) is 4. The number of halogens is 1. The Morgan fingerprint density at radius 3 is 3.00 bits per heavy atom. The van der Waals surface area contributed by atoms with Crippen LogP contribution in [0.15, 0.2) is 46.5 Å². The van der Waals surface area contributed by atoms with Gasteiger partial charge in [-0.2, -0.15) is 0 Å². The van der Waals surface area contributed by atoms with Crippen molar-refractivity contribution in [1.29, 1.82) is 0 Å². The number of amidine groups is 1. The minimum absolute atomic E-state index is 0.0362. The topological polar surface area (TPSA) is 78.8 Å². The molecular weight excluding hydrogens is 362 g/mol. The third kappa shape index (κ3) is 3.21. The molecule has 0 radical (unpaired) electrons. The van der Waals surface area contributed by atoms with E-state index in [2.05, 4.69) is 9.71 Å². The lowest BCUT2D eigenvalue weighted by Gasteiger charge is -2.27. The predicted molar refractivity (Wildman–Crippen MR) is 95.8 cm³/mol. The first-order valence-corrected chi connectivity index (χ1v) is 9.98. The average molecular weight is 378 g/mol. The number of aryl methyl sites for hydroxylation is 1. The van der Waals surface area contributed by atoms with Gasteiger partial charge in [0.1, 0.15) is 5.84 Å². The van der Waals surface area contributed by atoms with Crippen molar-refractivity contribution in [2.75, 3.05) is 12.3 Å². The van der Waals surface area contributed by atoms with E-state index in [0.717, 1.165) is 18.4 Å². The molecule has 2 aliphatic heterocycles. The molecule has 3 aliphatic rings. The molecule has 2 heterocycles. The summed E-state index contributed by atoms with van der Waals surface area (Å²) in [6.45, 7) is 0.299. The smallest absolute Gasteiger partial charge is 0.256 e. The zero-order valence-electron chi connectivity index (χ0n) is 13.3. The normalized spacial score (nSPS) is 23.4. The summed E-state index contributed by atoms with van der Waals surface area (Å²) in [5.41, 5.74) is 2.76. The van der Waals surface area contributed by atoms with Crippen molar-refractivity contribution >= 4 is 33.4 Å². The van der Waals surface area contributed by atoms with Crippen LogP contribution in [-0.4, -0.2) is 37.4 Å². The molecule has 1 aromatic carbocycles. The molecule has 1 amide bonds. The molecule has 1 aliphatic carbocycles. The van der Waals surface area contributed by atoms with Crippen LogP contribution in [0.25, 0.3) is 0 Å². The maximum absolute atomic E-state index is 12.6. The lowest BCUT2D eigenvalue weighted by Crippen LogP contribution is -2.38. The molecule has 1 aromatic rings. The van der Waals surface area contributed by atoms with Gasteiger partial charge >= 0.3 is 0 Å². The van der Waals surface area contributed by atoms with Crippen LogP contribution >= 0.6 is 11.6 Å². The van der Waals surface area contributed by atoms with E-state index < -0.39 is 10.0 Å². The van der Waals surface area contributed by atoms with Crippen LogP contribution in [0, 0.1) is 0 Å². The third-order valence-corrected chi connectivity index (χ3v) is 5.97. The minimum atomic E-state index is -3.39. The molecule has 4 rings (SSSR count). The Hall–Kier alpha value is -2.12. The molecular formula is C17H16ClN3O3S. The van der Waals surface area contributed by atoms with Gasteiger partial charge in [-0.15, -0.1) is 4.40 Å². The van der Waals surface area contributed by atoms with E-state index in [1.807, 2.05) is 18.2 Å². The van der Waals surface area contributed by atoms with Gasteiger partial charge in [-0.05, 0) is 48.3 Å². The first-order chi connectivity index (χ1) is 11.9. The van der Waals surface area contributed by atoms with E-state index in [-0.39, 0.29) is 17.7 Å². The van der Waals surface area contributed by atoms with Gasteiger partial charge < -0.3 is 10.2 Å². The highest BCUT2D eigenvalue weighted by atomic mass is 35.5. The highest BCUT2D eigenvalue weighted by Crippen LogP contribution is 2.33. The molecule has 1 unspecified atom stereocenters.